The van der Waals surface area contributed by atoms with Gasteiger partial charge in [0.2, 0.25) is 5.82 Å². The number of hydrogen-bond donors (Lipinski definition) is 3. The molecule has 0 fully saturated rings. The van der Waals surface area contributed by atoms with Crippen LogP contribution in [0.1, 0.15) is 28.7 Å². The van der Waals surface area contributed by atoms with Gasteiger partial charge in [-0.3, -0.25) is 4.79 Å². The van der Waals surface area contributed by atoms with E-state index in [9.17, 15) is 4.79 Å². The number of amides is 1. The van der Waals surface area contributed by atoms with Crippen molar-refractivity contribution in [2.75, 3.05) is 11.9 Å². The molecule has 0 bridgehead atoms. The van der Waals surface area contributed by atoms with Gasteiger partial charge in [-0.25, -0.2) is 0 Å². The Hall–Kier alpha value is -3.21. The molecular weight excluding hydrogens is 282 g/mol. The molecule has 1 aromatic heterocycles. The summed E-state index contributed by atoms with van der Waals surface area (Å²) in [5.41, 5.74) is 2.50. The Morgan fingerprint density at radius 1 is 1.50 bits per heavy atom. The van der Waals surface area contributed by atoms with Gasteiger partial charge in [-0.2, -0.15) is 10.5 Å². The van der Waals surface area contributed by atoms with E-state index in [1.54, 1.807) is 18.2 Å². The molecule has 1 heterocycles. The minimum absolute atomic E-state index is 0.114. The van der Waals surface area contributed by atoms with Crippen molar-refractivity contribution in [3.05, 3.63) is 41.4 Å². The van der Waals surface area contributed by atoms with Crippen LogP contribution in [0.4, 0.5) is 5.69 Å². The van der Waals surface area contributed by atoms with Crippen LogP contribution in [0.2, 0.25) is 0 Å². The number of aromatic amines is 1. The fraction of sp³-hybridized carbons (Fsp3) is 0.214. The number of allylic oxidation sites excluding steroid dienone is 1. The van der Waals surface area contributed by atoms with Gasteiger partial charge in [0.05, 0.1) is 0 Å². The van der Waals surface area contributed by atoms with Crippen molar-refractivity contribution < 1.29 is 4.79 Å². The first-order chi connectivity index (χ1) is 10.7. The van der Waals surface area contributed by atoms with Gasteiger partial charge in [0.25, 0.3) is 5.91 Å². The van der Waals surface area contributed by atoms with E-state index >= 15 is 0 Å². The number of aryl methyl sites for hydroxylation is 1. The van der Waals surface area contributed by atoms with Gasteiger partial charge >= 0.3 is 0 Å². The highest BCUT2D eigenvalue weighted by molar-refractivity contribution is 5.94. The van der Waals surface area contributed by atoms with Crippen LogP contribution in [0.15, 0.2) is 24.4 Å². The number of aromatic nitrogens is 4. The molecule has 2 aromatic rings. The van der Waals surface area contributed by atoms with Gasteiger partial charge in [-0.1, -0.05) is 0 Å². The van der Waals surface area contributed by atoms with Crippen LogP contribution >= 0.6 is 0 Å². The second kappa shape index (κ2) is 6.99. The van der Waals surface area contributed by atoms with Crippen molar-refractivity contribution in [1.82, 2.24) is 25.9 Å². The zero-order valence-corrected chi connectivity index (χ0v) is 12.2. The average molecular weight is 297 g/mol. The average Bonchev–Trinajstić information content (AvgIpc) is 3.03. The maximum Gasteiger partial charge on any atom is 0.251 e. The molecule has 0 aliphatic rings. The lowest BCUT2D eigenvalue weighted by Gasteiger charge is -2.08. The normalized spacial score (nSPS) is 10.9. The summed E-state index contributed by atoms with van der Waals surface area (Å²) >= 11 is 0. The number of hydrogen-bond acceptors (Lipinski definition) is 6. The Morgan fingerprint density at radius 3 is 2.91 bits per heavy atom. The van der Waals surface area contributed by atoms with E-state index in [4.69, 9.17) is 5.26 Å². The molecule has 8 heteroatoms. The number of tetrazole rings is 1. The highest BCUT2D eigenvalue weighted by Crippen LogP contribution is 2.18. The van der Waals surface area contributed by atoms with Gasteiger partial charge in [0, 0.05) is 24.0 Å². The Kier molecular flexibility index (Phi) is 4.82. The lowest BCUT2D eigenvalue weighted by molar-refractivity contribution is 0.0956. The van der Waals surface area contributed by atoms with Gasteiger partial charge in [0.1, 0.15) is 11.6 Å². The van der Waals surface area contributed by atoms with E-state index in [-0.39, 0.29) is 17.3 Å². The van der Waals surface area contributed by atoms with E-state index in [2.05, 4.69) is 31.3 Å². The first-order valence-corrected chi connectivity index (χ1v) is 6.65. The molecule has 3 N–H and O–H groups in total. The molecule has 1 aromatic carbocycles. The Labute approximate surface area is 127 Å². The predicted molar refractivity (Wildman–Crippen MR) is 80.6 cm³/mol. The number of nitriles is 1. The summed E-state index contributed by atoms with van der Waals surface area (Å²) in [6, 6.07) is 7.27. The molecule has 0 aliphatic heterocycles. The number of rotatable bonds is 5. The molecule has 1 amide bonds. The molecule has 0 radical (unpaired) electrons. The Morgan fingerprint density at radius 2 is 2.32 bits per heavy atom. The molecule has 22 heavy (non-hydrogen) atoms. The smallest absolute Gasteiger partial charge is 0.251 e. The molecule has 0 unspecified atom stereocenters. The molecule has 2 rings (SSSR count). The summed E-state index contributed by atoms with van der Waals surface area (Å²) in [5.74, 6) is 0.101. The summed E-state index contributed by atoms with van der Waals surface area (Å²) in [7, 11) is 0. The van der Waals surface area contributed by atoms with E-state index in [0.717, 1.165) is 11.3 Å². The summed E-state index contributed by atoms with van der Waals surface area (Å²) < 4.78 is 0. The van der Waals surface area contributed by atoms with Crippen LogP contribution in [0.5, 0.6) is 0 Å². The first kappa shape index (κ1) is 15.2. The molecule has 0 atom stereocenters. The van der Waals surface area contributed by atoms with E-state index in [0.29, 0.717) is 12.1 Å². The summed E-state index contributed by atoms with van der Waals surface area (Å²) in [4.78, 5) is 11.8. The number of anilines is 1. The van der Waals surface area contributed by atoms with Crippen molar-refractivity contribution >= 4 is 17.2 Å². The van der Waals surface area contributed by atoms with Gasteiger partial charge < -0.3 is 10.6 Å². The third-order valence-electron chi connectivity index (χ3n) is 2.90. The predicted octanol–water partition coefficient (Wildman–Crippen LogP) is 1.23. The van der Waals surface area contributed by atoms with E-state index < -0.39 is 0 Å². The highest BCUT2D eigenvalue weighted by atomic mass is 16.1. The van der Waals surface area contributed by atoms with Crippen molar-refractivity contribution in [3.63, 3.8) is 0 Å². The minimum Gasteiger partial charge on any atom is -0.360 e. The summed E-state index contributed by atoms with van der Waals surface area (Å²) in [6.45, 7) is 4.32. The number of carbonyl (C=O) groups excluding carboxylic acids is 1. The maximum atomic E-state index is 11.8. The number of carbonyl (C=O) groups is 1. The van der Waals surface area contributed by atoms with Crippen molar-refractivity contribution in [3.8, 4) is 6.07 Å². The number of nitrogens with one attached hydrogen (secondary N) is 3. The second-order valence-electron chi connectivity index (χ2n) is 4.44. The fourth-order valence-electron chi connectivity index (χ4n) is 1.80. The Bertz CT molecular complexity index is 728. The molecular formula is C14H15N7O. The third kappa shape index (κ3) is 3.46. The quantitative estimate of drug-likeness (QED) is 0.714. The monoisotopic (exact) mass is 297 g/mol. The second-order valence-corrected chi connectivity index (χ2v) is 4.44. The SMILES string of the molecule is CCNC(=O)c1ccc(NC=C(C#N)c2nn[nH]n2)c(C)c1. The number of H-pyrrole nitrogens is 1. The fourth-order valence-corrected chi connectivity index (χ4v) is 1.80. The van der Waals surface area contributed by atoms with Gasteiger partial charge in [-0.15, -0.1) is 10.2 Å². The van der Waals surface area contributed by atoms with Crippen LogP contribution in [0.3, 0.4) is 0 Å². The van der Waals surface area contributed by atoms with Crippen LogP contribution in [-0.2, 0) is 0 Å². The van der Waals surface area contributed by atoms with Gasteiger partial charge in [0.15, 0.2) is 0 Å². The van der Waals surface area contributed by atoms with Crippen LogP contribution < -0.4 is 10.6 Å². The number of nitrogens with zero attached hydrogens (tertiary/aromatic N) is 4. The topological polar surface area (TPSA) is 119 Å². The largest absolute Gasteiger partial charge is 0.360 e. The van der Waals surface area contributed by atoms with Gasteiger partial charge in [-0.05, 0) is 42.8 Å². The highest BCUT2D eigenvalue weighted by Gasteiger charge is 2.08. The van der Waals surface area contributed by atoms with E-state index in [1.165, 1.54) is 6.20 Å². The Balaban J connectivity index is 2.17. The maximum absolute atomic E-state index is 11.8. The molecule has 0 saturated carbocycles. The summed E-state index contributed by atoms with van der Waals surface area (Å²) in [6.07, 6.45) is 1.50. The lowest BCUT2D eigenvalue weighted by Crippen LogP contribution is -2.22. The zero-order chi connectivity index (χ0) is 15.9. The number of benzene rings is 1. The molecule has 0 spiro atoms. The zero-order valence-electron chi connectivity index (χ0n) is 12.2. The van der Waals surface area contributed by atoms with Crippen LogP contribution in [-0.4, -0.2) is 33.1 Å². The van der Waals surface area contributed by atoms with Crippen molar-refractivity contribution in [1.29, 1.82) is 5.26 Å². The van der Waals surface area contributed by atoms with Crippen LogP contribution in [0, 0.1) is 18.3 Å². The molecule has 112 valence electrons. The summed E-state index contributed by atoms with van der Waals surface area (Å²) in [5, 5.41) is 28.0. The minimum atomic E-state index is -0.114. The lowest BCUT2D eigenvalue weighted by atomic mass is 10.1. The standard InChI is InChI=1S/C14H15N7O/c1-3-16-14(22)10-4-5-12(9(2)6-10)17-8-11(7-15)13-18-20-21-19-13/h4-6,8,17H,3H2,1-2H3,(H,16,22)(H,18,19,20,21). The van der Waals surface area contributed by atoms with Crippen molar-refractivity contribution in [2.45, 2.75) is 13.8 Å². The first-order valence-electron chi connectivity index (χ1n) is 6.65. The van der Waals surface area contributed by atoms with E-state index in [1.807, 2.05) is 19.9 Å². The van der Waals surface area contributed by atoms with Crippen LogP contribution in [0.25, 0.3) is 5.57 Å². The third-order valence-corrected chi connectivity index (χ3v) is 2.90. The molecule has 8 nitrogen and oxygen atoms in total. The molecule has 0 saturated heterocycles. The molecule has 0 aliphatic carbocycles. The van der Waals surface area contributed by atoms with Crippen molar-refractivity contribution in [2.24, 2.45) is 0 Å².